The lowest BCUT2D eigenvalue weighted by Crippen LogP contribution is -2.30. The van der Waals surface area contributed by atoms with E-state index >= 15 is 0 Å². The number of hydrogen-bond donors (Lipinski definition) is 1. The molecule has 9 heteroatoms. The summed E-state index contributed by atoms with van der Waals surface area (Å²) < 4.78 is 61.1. The van der Waals surface area contributed by atoms with E-state index in [4.69, 9.17) is 4.74 Å². The molecule has 5 nitrogen and oxygen atoms in total. The average Bonchev–Trinajstić information content (AvgIpc) is 3.06. The number of ether oxygens (including phenoxy) is 1. The number of amides is 1. The van der Waals surface area contributed by atoms with Gasteiger partial charge in [0.2, 0.25) is 0 Å². The van der Waals surface area contributed by atoms with Crippen molar-refractivity contribution in [2.45, 2.75) is 6.04 Å². The molecular formula is C24H15F4NO4. The fourth-order valence-corrected chi connectivity index (χ4v) is 3.72. The SMILES string of the molecule is COc1ccc(F)cc1/C(O)=C1\C(=O)C(=O)N(c2cc(F)ccc2F)C1c1ccc(F)cc1. The molecule has 0 aromatic heterocycles. The van der Waals surface area contributed by atoms with Crippen molar-refractivity contribution in [3.8, 4) is 5.75 Å². The third-order valence-corrected chi connectivity index (χ3v) is 5.21. The van der Waals surface area contributed by atoms with E-state index in [-0.39, 0.29) is 16.9 Å². The quantitative estimate of drug-likeness (QED) is 0.263. The summed E-state index contributed by atoms with van der Waals surface area (Å²) in [6, 6.07) is 8.58. The topological polar surface area (TPSA) is 66.8 Å². The lowest BCUT2D eigenvalue weighted by Gasteiger charge is -2.26. The summed E-state index contributed by atoms with van der Waals surface area (Å²) in [4.78, 5) is 26.6. The molecule has 0 aliphatic carbocycles. The predicted octanol–water partition coefficient (Wildman–Crippen LogP) is 4.88. The minimum Gasteiger partial charge on any atom is -0.507 e. The van der Waals surface area contributed by atoms with E-state index in [0.717, 1.165) is 42.5 Å². The number of aliphatic hydroxyl groups excluding tert-OH is 1. The number of ketones is 1. The van der Waals surface area contributed by atoms with Crippen LogP contribution >= 0.6 is 0 Å². The summed E-state index contributed by atoms with van der Waals surface area (Å²) >= 11 is 0. The Hall–Kier alpha value is -4.14. The van der Waals surface area contributed by atoms with E-state index in [1.54, 1.807) is 0 Å². The van der Waals surface area contributed by atoms with E-state index < -0.39 is 58.0 Å². The summed E-state index contributed by atoms with van der Waals surface area (Å²) in [6.45, 7) is 0. The van der Waals surface area contributed by atoms with Gasteiger partial charge in [0.15, 0.2) is 0 Å². The van der Waals surface area contributed by atoms with Gasteiger partial charge < -0.3 is 9.84 Å². The van der Waals surface area contributed by atoms with Crippen LogP contribution in [0, 0.1) is 23.3 Å². The standard InChI is InChI=1S/C24H15F4NO4/c1-33-19-9-7-14(26)10-16(19)22(30)20-21(12-2-4-13(25)5-3-12)29(24(32)23(20)31)18-11-15(27)6-8-17(18)28/h2-11,21,30H,1H3/b22-20+. The first-order chi connectivity index (χ1) is 15.7. The third kappa shape index (κ3) is 3.82. The molecule has 1 fully saturated rings. The van der Waals surface area contributed by atoms with Gasteiger partial charge in [-0.2, -0.15) is 0 Å². The number of halogens is 4. The van der Waals surface area contributed by atoms with Gasteiger partial charge in [-0.3, -0.25) is 14.5 Å². The number of carbonyl (C=O) groups excluding carboxylic acids is 2. The number of benzene rings is 3. The van der Waals surface area contributed by atoms with Crippen molar-refractivity contribution < 1.29 is 37.0 Å². The van der Waals surface area contributed by atoms with Crippen LogP contribution in [-0.4, -0.2) is 23.9 Å². The molecule has 1 aliphatic rings. The molecule has 4 rings (SSSR count). The molecule has 0 radical (unpaired) electrons. The zero-order valence-electron chi connectivity index (χ0n) is 17.0. The first-order valence-electron chi connectivity index (χ1n) is 9.58. The Bertz CT molecular complexity index is 1300. The van der Waals surface area contributed by atoms with Crippen molar-refractivity contribution in [3.05, 3.63) is 101 Å². The molecule has 0 spiro atoms. The van der Waals surface area contributed by atoms with E-state index in [2.05, 4.69) is 0 Å². The summed E-state index contributed by atoms with van der Waals surface area (Å²) in [6.07, 6.45) is 0. The number of rotatable bonds is 4. The fourth-order valence-electron chi connectivity index (χ4n) is 3.72. The van der Waals surface area contributed by atoms with Crippen LogP contribution in [0.3, 0.4) is 0 Å². The monoisotopic (exact) mass is 457 g/mol. The largest absolute Gasteiger partial charge is 0.507 e. The van der Waals surface area contributed by atoms with Crippen LogP contribution in [0.25, 0.3) is 5.76 Å². The molecule has 1 unspecified atom stereocenters. The zero-order valence-corrected chi connectivity index (χ0v) is 17.0. The number of carbonyl (C=O) groups is 2. The van der Waals surface area contributed by atoms with Crippen molar-refractivity contribution in [3.63, 3.8) is 0 Å². The van der Waals surface area contributed by atoms with Crippen LogP contribution in [-0.2, 0) is 9.59 Å². The van der Waals surface area contributed by atoms with Crippen LogP contribution in [0.1, 0.15) is 17.2 Å². The van der Waals surface area contributed by atoms with Crippen molar-refractivity contribution >= 4 is 23.1 Å². The summed E-state index contributed by atoms with van der Waals surface area (Å²) in [5, 5.41) is 11.0. The molecule has 3 aromatic rings. The number of methoxy groups -OCH3 is 1. The smallest absolute Gasteiger partial charge is 0.300 e. The van der Waals surface area contributed by atoms with Crippen LogP contribution in [0.4, 0.5) is 23.2 Å². The van der Waals surface area contributed by atoms with E-state index in [9.17, 15) is 32.3 Å². The molecule has 168 valence electrons. The molecule has 1 saturated heterocycles. The van der Waals surface area contributed by atoms with Crippen LogP contribution in [0.2, 0.25) is 0 Å². The van der Waals surface area contributed by atoms with Gasteiger partial charge in [-0.1, -0.05) is 12.1 Å². The van der Waals surface area contributed by atoms with Crippen molar-refractivity contribution in [2.24, 2.45) is 0 Å². The second-order valence-corrected chi connectivity index (χ2v) is 7.16. The second-order valence-electron chi connectivity index (χ2n) is 7.16. The summed E-state index contributed by atoms with van der Waals surface area (Å²) in [5.74, 6) is -6.55. The summed E-state index contributed by atoms with van der Waals surface area (Å²) in [7, 11) is 1.25. The minimum atomic E-state index is -1.46. The molecule has 0 bridgehead atoms. The Morgan fingerprint density at radius 3 is 2.15 bits per heavy atom. The highest BCUT2D eigenvalue weighted by atomic mass is 19.1. The highest BCUT2D eigenvalue weighted by Gasteiger charge is 2.48. The lowest BCUT2D eigenvalue weighted by molar-refractivity contribution is -0.132. The summed E-state index contributed by atoms with van der Waals surface area (Å²) in [5.41, 5.74) is -1.20. The first-order valence-corrected chi connectivity index (χ1v) is 9.58. The second kappa shape index (κ2) is 8.42. The van der Waals surface area contributed by atoms with Gasteiger partial charge in [-0.25, -0.2) is 17.6 Å². The van der Waals surface area contributed by atoms with Crippen molar-refractivity contribution in [1.82, 2.24) is 0 Å². The van der Waals surface area contributed by atoms with Crippen LogP contribution in [0.15, 0.2) is 66.2 Å². The normalized spacial score (nSPS) is 17.5. The average molecular weight is 457 g/mol. The molecule has 1 atom stereocenters. The number of hydrogen-bond acceptors (Lipinski definition) is 4. The van der Waals surface area contributed by atoms with Crippen molar-refractivity contribution in [2.75, 3.05) is 12.0 Å². The molecule has 3 aromatic carbocycles. The van der Waals surface area contributed by atoms with Gasteiger partial charge in [0.25, 0.3) is 11.7 Å². The lowest BCUT2D eigenvalue weighted by atomic mass is 9.94. The van der Waals surface area contributed by atoms with Crippen molar-refractivity contribution in [1.29, 1.82) is 0 Å². The Morgan fingerprint density at radius 2 is 1.48 bits per heavy atom. The molecule has 0 saturated carbocycles. The Labute approximate surface area is 185 Å². The van der Waals surface area contributed by atoms with Crippen LogP contribution < -0.4 is 9.64 Å². The Balaban J connectivity index is 2.02. The number of anilines is 1. The van der Waals surface area contributed by atoms with Crippen LogP contribution in [0.5, 0.6) is 5.75 Å². The zero-order chi connectivity index (χ0) is 23.9. The number of aliphatic hydroxyl groups is 1. The Morgan fingerprint density at radius 1 is 0.879 bits per heavy atom. The molecule has 1 aliphatic heterocycles. The number of Topliss-reactive ketones (excluding diaryl/α,β-unsaturated/α-hetero) is 1. The Kier molecular flexibility index (Phi) is 5.63. The molecular weight excluding hydrogens is 442 g/mol. The maximum Gasteiger partial charge on any atom is 0.300 e. The predicted molar refractivity (Wildman–Crippen MR) is 110 cm³/mol. The maximum absolute atomic E-state index is 14.6. The third-order valence-electron chi connectivity index (χ3n) is 5.21. The van der Waals surface area contributed by atoms with Gasteiger partial charge in [-0.15, -0.1) is 0 Å². The number of nitrogens with zero attached hydrogens (tertiary/aromatic N) is 1. The molecule has 1 N–H and O–H groups in total. The highest BCUT2D eigenvalue weighted by Crippen LogP contribution is 2.44. The van der Waals surface area contributed by atoms with Gasteiger partial charge in [-0.05, 0) is 48.0 Å². The van der Waals surface area contributed by atoms with E-state index in [1.165, 1.54) is 25.3 Å². The van der Waals surface area contributed by atoms with Gasteiger partial charge in [0, 0.05) is 6.07 Å². The van der Waals surface area contributed by atoms with Gasteiger partial charge in [0.05, 0.1) is 30.0 Å². The van der Waals surface area contributed by atoms with Gasteiger partial charge in [0.1, 0.15) is 34.8 Å². The first kappa shape index (κ1) is 22.1. The molecule has 1 amide bonds. The maximum atomic E-state index is 14.6. The fraction of sp³-hybridized carbons (Fsp3) is 0.0833. The molecule has 33 heavy (non-hydrogen) atoms. The van der Waals surface area contributed by atoms with Gasteiger partial charge >= 0.3 is 0 Å². The minimum absolute atomic E-state index is 0.00473. The highest BCUT2D eigenvalue weighted by molar-refractivity contribution is 6.51. The van der Waals surface area contributed by atoms with E-state index in [1.807, 2.05) is 0 Å². The molecule has 1 heterocycles. The van der Waals surface area contributed by atoms with E-state index in [0.29, 0.717) is 4.90 Å².